The lowest BCUT2D eigenvalue weighted by Gasteiger charge is -2.38. The van der Waals surface area contributed by atoms with Crippen molar-refractivity contribution in [3.63, 3.8) is 0 Å². The first-order chi connectivity index (χ1) is 16.5. The topological polar surface area (TPSA) is 63.4 Å². The molecule has 0 aromatic heterocycles. The van der Waals surface area contributed by atoms with Gasteiger partial charge >= 0.3 is 0 Å². The number of ether oxygens (including phenoxy) is 3. The minimum Gasteiger partial charge on any atom is -0.410 e. The Morgan fingerprint density at radius 2 is 1.83 bits per heavy atom. The molecule has 1 radical (unpaired) electrons. The van der Waals surface area contributed by atoms with Gasteiger partial charge in [-0.05, 0) is 92.6 Å². The van der Waals surface area contributed by atoms with E-state index in [0.717, 1.165) is 30.4 Å². The van der Waals surface area contributed by atoms with Gasteiger partial charge in [-0.2, -0.15) is 0 Å². The Bertz CT molecular complexity index is 1140. The third kappa shape index (κ3) is 3.65. The van der Waals surface area contributed by atoms with Gasteiger partial charge in [0, 0.05) is 12.0 Å². The molecule has 6 nitrogen and oxygen atoms in total. The normalized spacial score (nSPS) is 36.6. The molecular weight excluding hydrogens is 470 g/mol. The van der Waals surface area contributed by atoms with E-state index in [4.69, 9.17) is 18.6 Å². The molecule has 3 heterocycles. The second kappa shape index (κ2) is 7.53. The lowest BCUT2D eigenvalue weighted by molar-refractivity contribution is -0.222. The molecule has 5 aliphatic rings. The van der Waals surface area contributed by atoms with Crippen LogP contribution in [0.15, 0.2) is 18.2 Å². The van der Waals surface area contributed by atoms with Crippen molar-refractivity contribution in [3.05, 3.63) is 40.5 Å². The number of fused-ring (bicyclic) bond motifs is 3. The van der Waals surface area contributed by atoms with Crippen LogP contribution in [0.5, 0.6) is 0 Å². The summed E-state index contributed by atoms with van der Waals surface area (Å²) in [4.78, 5) is 0. The monoisotopic (exact) mass is 512 g/mol. The highest BCUT2D eigenvalue weighted by molar-refractivity contribution is 6.74. The minimum atomic E-state index is -1.91. The van der Waals surface area contributed by atoms with Gasteiger partial charge in [-0.25, -0.2) is 0 Å². The highest BCUT2D eigenvalue weighted by Gasteiger charge is 2.69. The number of epoxide rings is 1. The highest BCUT2D eigenvalue weighted by Crippen LogP contribution is 2.71. The lowest BCUT2D eigenvalue weighted by atomic mass is 9.90. The Morgan fingerprint density at radius 3 is 2.42 bits per heavy atom. The van der Waals surface area contributed by atoms with Crippen molar-refractivity contribution in [2.24, 2.45) is 0 Å². The van der Waals surface area contributed by atoms with E-state index in [1.54, 1.807) is 0 Å². The van der Waals surface area contributed by atoms with Gasteiger partial charge < -0.3 is 18.6 Å². The number of hydrogen-bond acceptors (Lipinski definition) is 5. The van der Waals surface area contributed by atoms with Gasteiger partial charge in [0.1, 0.15) is 17.8 Å². The van der Waals surface area contributed by atoms with Crippen LogP contribution in [0.4, 0.5) is 0 Å². The Morgan fingerprint density at radius 1 is 1.11 bits per heavy atom. The van der Waals surface area contributed by atoms with Gasteiger partial charge in [-0.1, -0.05) is 32.9 Å². The molecule has 0 amide bonds. The number of benzene rings is 1. The predicted octanol–water partition coefficient (Wildman–Crippen LogP) is 6.77. The summed E-state index contributed by atoms with van der Waals surface area (Å²) in [6.45, 7) is 20.0. The summed E-state index contributed by atoms with van der Waals surface area (Å²) in [7, 11) is -1.91. The fourth-order valence-corrected chi connectivity index (χ4v) is 7.78. The molecule has 3 aliphatic heterocycles. The first-order valence-corrected chi connectivity index (χ1v) is 16.5. The molecule has 1 spiro atoms. The van der Waals surface area contributed by atoms with Crippen LogP contribution in [-0.2, 0) is 23.8 Å². The van der Waals surface area contributed by atoms with Gasteiger partial charge in [-0.3, -0.25) is 0 Å². The van der Waals surface area contributed by atoms with E-state index in [0.29, 0.717) is 6.61 Å². The Hall–Kier alpha value is -1.06. The molecule has 3 fully saturated rings. The first-order valence-electron chi connectivity index (χ1n) is 13.6. The van der Waals surface area contributed by atoms with Crippen LogP contribution in [0.25, 0.3) is 5.57 Å². The zero-order chi connectivity index (χ0) is 26.1. The van der Waals surface area contributed by atoms with E-state index < -0.39 is 14.1 Å². The molecule has 5 atom stereocenters. The summed E-state index contributed by atoms with van der Waals surface area (Å²) in [6.07, 6.45) is 4.87. The van der Waals surface area contributed by atoms with Crippen molar-refractivity contribution in [2.45, 2.75) is 127 Å². The Balaban J connectivity index is 1.42. The maximum Gasteiger partial charge on any atom is 0.192 e. The average Bonchev–Trinajstić information content (AvgIpc) is 2.97. The Kier molecular flexibility index (Phi) is 5.27. The summed E-state index contributed by atoms with van der Waals surface area (Å²) in [6, 6.07) is 4.33. The number of nitrogens with zero attached hydrogens (tertiary/aromatic N) is 1. The van der Waals surface area contributed by atoms with Crippen molar-refractivity contribution >= 4 is 13.9 Å². The molecule has 1 unspecified atom stereocenters. The van der Waals surface area contributed by atoms with Crippen molar-refractivity contribution in [2.75, 3.05) is 6.61 Å². The lowest BCUT2D eigenvalue weighted by Crippen LogP contribution is -2.43. The van der Waals surface area contributed by atoms with Crippen LogP contribution in [0.1, 0.15) is 108 Å². The molecule has 0 bridgehead atoms. The third-order valence-corrected chi connectivity index (χ3v) is 14.2. The van der Waals surface area contributed by atoms with E-state index in [1.165, 1.54) is 21.8 Å². The number of hydroxylamine groups is 2. The van der Waals surface area contributed by atoms with Crippen LogP contribution < -0.4 is 0 Å². The maximum absolute atomic E-state index is 13.4. The second-order valence-electron chi connectivity index (χ2n) is 14.2. The van der Waals surface area contributed by atoms with Gasteiger partial charge in [0.25, 0.3) is 0 Å². The zero-order valence-electron chi connectivity index (χ0n) is 23.4. The first kappa shape index (κ1) is 25.2. The van der Waals surface area contributed by atoms with Crippen LogP contribution in [-0.4, -0.2) is 43.0 Å². The summed E-state index contributed by atoms with van der Waals surface area (Å²) in [5.41, 5.74) is 5.26. The van der Waals surface area contributed by atoms with Gasteiger partial charge in [0.05, 0.1) is 18.8 Å². The van der Waals surface area contributed by atoms with Crippen molar-refractivity contribution in [1.82, 2.24) is 5.06 Å². The summed E-state index contributed by atoms with van der Waals surface area (Å²) in [5, 5.41) is 14.9. The molecular formula is C29H42NO5Si. The third-order valence-electron chi connectivity index (χ3n) is 9.69. The largest absolute Gasteiger partial charge is 0.410 e. The molecule has 197 valence electrons. The standard InChI is InChI=1S/C29H42NO5Si/c1-26(2,3)36(8,9)35-18-14-21-19-12-17(23-16-32-28(6,7)33-23)13-20(22-10-11-27(4,5)30(22)31)24(19)25-29(21,15-18)34-25/h12-14,18,22-23,25H,10-11,15-16H2,1-9H3/t18-,22?,23-,25+,29-/m1/s1. The molecule has 1 aromatic carbocycles. The molecule has 0 N–H and O–H groups in total. The van der Waals surface area contributed by atoms with E-state index in [-0.39, 0.29) is 40.5 Å². The fourth-order valence-electron chi connectivity index (χ4n) is 6.52. The molecule has 36 heavy (non-hydrogen) atoms. The van der Waals surface area contributed by atoms with Crippen molar-refractivity contribution in [3.8, 4) is 0 Å². The van der Waals surface area contributed by atoms with Crippen LogP contribution >= 0.6 is 0 Å². The number of hydrogen-bond donors (Lipinski definition) is 0. The summed E-state index contributed by atoms with van der Waals surface area (Å²) < 4.78 is 25.5. The van der Waals surface area contributed by atoms with E-state index in [2.05, 4.69) is 65.9 Å². The smallest absolute Gasteiger partial charge is 0.192 e. The highest BCUT2D eigenvalue weighted by atomic mass is 28.4. The molecule has 7 heteroatoms. The summed E-state index contributed by atoms with van der Waals surface area (Å²) >= 11 is 0. The van der Waals surface area contributed by atoms with Crippen LogP contribution in [0.2, 0.25) is 18.1 Å². The zero-order valence-corrected chi connectivity index (χ0v) is 24.4. The molecule has 3 saturated heterocycles. The number of rotatable bonds is 4. The molecule has 0 saturated carbocycles. The van der Waals surface area contributed by atoms with Crippen LogP contribution in [0.3, 0.4) is 0 Å². The van der Waals surface area contributed by atoms with E-state index in [1.807, 2.05) is 13.8 Å². The molecule has 2 aliphatic carbocycles. The van der Waals surface area contributed by atoms with E-state index in [9.17, 15) is 5.21 Å². The SMILES string of the molecule is CC1(C)OC[C@H](c2cc3c(c(C4CCC(C)(C)N4[O])c2)[C@@H]2O[C@@]24C[C@H](O[Si](C)(C)C(C)(C)C)C=C34)O1. The van der Waals surface area contributed by atoms with Gasteiger partial charge in [0.2, 0.25) is 0 Å². The maximum atomic E-state index is 13.4. The minimum absolute atomic E-state index is 0.0186. The van der Waals surface area contributed by atoms with Crippen molar-refractivity contribution in [1.29, 1.82) is 0 Å². The quantitative estimate of drug-likeness (QED) is 0.329. The molecule has 6 rings (SSSR count). The predicted molar refractivity (Wildman–Crippen MR) is 140 cm³/mol. The summed E-state index contributed by atoms with van der Waals surface area (Å²) in [5.74, 6) is -0.606. The van der Waals surface area contributed by atoms with E-state index >= 15 is 0 Å². The van der Waals surface area contributed by atoms with Gasteiger partial charge in [0.15, 0.2) is 14.1 Å². The Labute approximate surface area is 217 Å². The molecule has 1 aromatic rings. The van der Waals surface area contributed by atoms with Crippen LogP contribution in [0, 0.1) is 0 Å². The van der Waals surface area contributed by atoms with Crippen molar-refractivity contribution < 1.29 is 23.8 Å². The average molecular weight is 513 g/mol. The fraction of sp³-hybridized carbons (Fsp3) is 0.724. The van der Waals surface area contributed by atoms with Gasteiger partial charge in [-0.15, -0.1) is 10.3 Å². The second-order valence-corrected chi connectivity index (χ2v) is 18.9.